The summed E-state index contributed by atoms with van der Waals surface area (Å²) in [4.78, 5) is 18.2. The Labute approximate surface area is 143 Å². The minimum absolute atomic E-state index is 0.000549. The number of fused-ring (bicyclic) bond motifs is 1. The van der Waals surface area contributed by atoms with Gasteiger partial charge in [0, 0.05) is 19.1 Å². The normalized spacial score (nSPS) is 26.8. The molecule has 1 amide bonds. The first-order valence-corrected chi connectivity index (χ1v) is 10.0. The molecule has 1 aromatic heterocycles. The molecule has 2 fully saturated rings. The van der Waals surface area contributed by atoms with E-state index in [1.54, 1.807) is 4.90 Å². The summed E-state index contributed by atoms with van der Waals surface area (Å²) in [5.41, 5.74) is 0. The van der Waals surface area contributed by atoms with E-state index in [0.29, 0.717) is 26.2 Å². The second-order valence-corrected chi connectivity index (χ2v) is 9.17. The molecule has 3 rings (SSSR count). The molecule has 2 aliphatic rings. The molecule has 0 N–H and O–H groups in total. The summed E-state index contributed by atoms with van der Waals surface area (Å²) in [6, 6.07) is 3.43. The molecule has 0 spiro atoms. The summed E-state index contributed by atoms with van der Waals surface area (Å²) in [5.74, 6) is 1.86. The third kappa shape index (κ3) is 3.65. The van der Waals surface area contributed by atoms with Crippen LogP contribution in [0.4, 0.5) is 0 Å². The highest BCUT2D eigenvalue weighted by Gasteiger charge is 2.48. The molecule has 0 saturated carbocycles. The fourth-order valence-electron chi connectivity index (χ4n) is 3.66. The van der Waals surface area contributed by atoms with Crippen molar-refractivity contribution in [1.29, 1.82) is 0 Å². The molecule has 0 aromatic carbocycles. The van der Waals surface area contributed by atoms with Crippen molar-refractivity contribution in [1.82, 2.24) is 14.7 Å². The highest BCUT2D eigenvalue weighted by molar-refractivity contribution is 7.91. The fourth-order valence-corrected chi connectivity index (χ4v) is 5.67. The lowest BCUT2D eigenvalue weighted by atomic mass is 10.0. The number of hydrogen-bond acceptors (Lipinski definition) is 6. The molecular formula is C16H25N3O4S. The van der Waals surface area contributed by atoms with Gasteiger partial charge >= 0.3 is 0 Å². The Morgan fingerprint density at radius 1 is 1.25 bits per heavy atom. The molecule has 3 heterocycles. The summed E-state index contributed by atoms with van der Waals surface area (Å²) >= 11 is 0. The number of nitrogens with zero attached hydrogens (tertiary/aromatic N) is 3. The monoisotopic (exact) mass is 355 g/mol. The Morgan fingerprint density at radius 2 is 1.96 bits per heavy atom. The molecule has 1 aromatic rings. The number of furan rings is 1. The van der Waals surface area contributed by atoms with Crippen LogP contribution in [0.15, 0.2) is 16.5 Å². The van der Waals surface area contributed by atoms with E-state index in [0.717, 1.165) is 11.5 Å². The van der Waals surface area contributed by atoms with E-state index in [1.165, 1.54) is 0 Å². The molecule has 7 nitrogen and oxygen atoms in total. The summed E-state index contributed by atoms with van der Waals surface area (Å²) in [7, 11) is 0.564. The number of hydrogen-bond donors (Lipinski definition) is 0. The number of likely N-dealkylation sites (N-methyl/N-ethyl adjacent to an activating group) is 1. The Morgan fingerprint density at radius 3 is 2.58 bits per heavy atom. The Kier molecular flexibility index (Phi) is 4.72. The standard InChI is InChI=1S/C16H25N3O4S/c1-12-4-5-13(23-12)8-18-6-7-19(16(20)9-17(2)3)15-11-24(21,22)10-14(15)18/h4-5,14-15H,6-11H2,1-3H3/t14-,15+/m1/s1. The van der Waals surface area contributed by atoms with Crippen LogP contribution in [-0.2, 0) is 21.2 Å². The predicted molar refractivity (Wildman–Crippen MR) is 90.4 cm³/mol. The number of amides is 1. The fraction of sp³-hybridized carbons (Fsp3) is 0.688. The minimum Gasteiger partial charge on any atom is -0.465 e. The highest BCUT2D eigenvalue weighted by atomic mass is 32.2. The number of carbonyl (C=O) groups is 1. The Hall–Kier alpha value is -1.38. The molecule has 2 aliphatic heterocycles. The lowest BCUT2D eigenvalue weighted by molar-refractivity contribution is -0.137. The van der Waals surface area contributed by atoms with Gasteiger partial charge in [-0.2, -0.15) is 0 Å². The first kappa shape index (κ1) is 17.4. The van der Waals surface area contributed by atoms with Crippen LogP contribution in [0.25, 0.3) is 0 Å². The second kappa shape index (κ2) is 6.50. The van der Waals surface area contributed by atoms with Crippen molar-refractivity contribution in [2.24, 2.45) is 0 Å². The molecule has 0 unspecified atom stereocenters. The van der Waals surface area contributed by atoms with Gasteiger partial charge in [-0.25, -0.2) is 8.42 Å². The average Bonchev–Trinajstić information content (AvgIpc) is 3.00. The first-order chi connectivity index (χ1) is 11.2. The van der Waals surface area contributed by atoms with Gasteiger partial charge in [-0.3, -0.25) is 9.69 Å². The number of aryl methyl sites for hydroxylation is 1. The number of sulfone groups is 1. The second-order valence-electron chi connectivity index (χ2n) is 7.02. The van der Waals surface area contributed by atoms with Crippen molar-refractivity contribution < 1.29 is 17.6 Å². The number of piperazine rings is 1. The van der Waals surface area contributed by atoms with Crippen molar-refractivity contribution in [3.05, 3.63) is 23.7 Å². The maximum absolute atomic E-state index is 12.5. The van der Waals surface area contributed by atoms with Crippen molar-refractivity contribution >= 4 is 15.7 Å². The van der Waals surface area contributed by atoms with Crippen LogP contribution in [0, 0.1) is 6.92 Å². The van der Waals surface area contributed by atoms with Crippen LogP contribution in [0.1, 0.15) is 11.5 Å². The third-order valence-electron chi connectivity index (χ3n) is 4.72. The molecule has 0 radical (unpaired) electrons. The van der Waals surface area contributed by atoms with Crippen LogP contribution < -0.4 is 0 Å². The van der Waals surface area contributed by atoms with Crippen molar-refractivity contribution in [3.8, 4) is 0 Å². The number of rotatable bonds is 4. The van der Waals surface area contributed by atoms with Gasteiger partial charge in [0.1, 0.15) is 11.5 Å². The van der Waals surface area contributed by atoms with Crippen LogP contribution in [0.2, 0.25) is 0 Å². The molecule has 134 valence electrons. The maximum Gasteiger partial charge on any atom is 0.237 e. The van der Waals surface area contributed by atoms with E-state index >= 15 is 0 Å². The van der Waals surface area contributed by atoms with Gasteiger partial charge in [0.2, 0.25) is 5.91 Å². The summed E-state index contributed by atoms with van der Waals surface area (Å²) < 4.78 is 30.0. The molecule has 2 atom stereocenters. The quantitative estimate of drug-likeness (QED) is 0.755. The van der Waals surface area contributed by atoms with Gasteiger partial charge in [-0.05, 0) is 33.2 Å². The third-order valence-corrected chi connectivity index (χ3v) is 6.42. The smallest absolute Gasteiger partial charge is 0.237 e. The Balaban J connectivity index is 1.78. The summed E-state index contributed by atoms with van der Waals surface area (Å²) in [6.07, 6.45) is 0. The number of carbonyl (C=O) groups excluding carboxylic acids is 1. The molecule has 0 aliphatic carbocycles. The maximum atomic E-state index is 12.5. The van der Waals surface area contributed by atoms with Gasteiger partial charge in [0.25, 0.3) is 0 Å². The summed E-state index contributed by atoms with van der Waals surface area (Å²) in [5, 5.41) is 0. The van der Waals surface area contributed by atoms with E-state index in [2.05, 4.69) is 4.90 Å². The van der Waals surface area contributed by atoms with Crippen LogP contribution in [0.5, 0.6) is 0 Å². The van der Waals surface area contributed by atoms with Crippen LogP contribution >= 0.6 is 0 Å². The lowest BCUT2D eigenvalue weighted by Gasteiger charge is -2.43. The molecule has 2 saturated heterocycles. The van der Waals surface area contributed by atoms with Gasteiger partial charge in [0.15, 0.2) is 9.84 Å². The molecule has 8 heteroatoms. The van der Waals surface area contributed by atoms with Gasteiger partial charge in [0.05, 0.1) is 30.6 Å². The van der Waals surface area contributed by atoms with Gasteiger partial charge in [-0.15, -0.1) is 0 Å². The van der Waals surface area contributed by atoms with Crippen LogP contribution in [0.3, 0.4) is 0 Å². The van der Waals surface area contributed by atoms with Gasteiger partial charge < -0.3 is 14.2 Å². The van der Waals surface area contributed by atoms with Crippen molar-refractivity contribution in [3.63, 3.8) is 0 Å². The Bertz CT molecular complexity index is 713. The molecular weight excluding hydrogens is 330 g/mol. The highest BCUT2D eigenvalue weighted by Crippen LogP contribution is 2.28. The van der Waals surface area contributed by atoms with Crippen LogP contribution in [-0.4, -0.2) is 86.3 Å². The predicted octanol–water partition coefficient (Wildman–Crippen LogP) is -0.0406. The SMILES string of the molecule is Cc1ccc(CN2CCN(C(=O)CN(C)C)[C@H]3CS(=O)(=O)C[C@H]32)o1. The zero-order valence-corrected chi connectivity index (χ0v) is 15.3. The van der Waals surface area contributed by atoms with E-state index in [1.807, 2.05) is 38.1 Å². The zero-order valence-electron chi connectivity index (χ0n) is 14.4. The van der Waals surface area contributed by atoms with E-state index in [9.17, 15) is 13.2 Å². The molecule has 24 heavy (non-hydrogen) atoms. The summed E-state index contributed by atoms with van der Waals surface area (Å²) in [6.45, 7) is 4.00. The largest absolute Gasteiger partial charge is 0.465 e. The minimum atomic E-state index is -3.12. The molecule has 0 bridgehead atoms. The zero-order chi connectivity index (χ0) is 17.5. The van der Waals surface area contributed by atoms with Crippen molar-refractivity contribution in [2.75, 3.05) is 45.2 Å². The van der Waals surface area contributed by atoms with Crippen molar-refractivity contribution in [2.45, 2.75) is 25.6 Å². The van der Waals surface area contributed by atoms with E-state index in [-0.39, 0.29) is 29.5 Å². The average molecular weight is 355 g/mol. The van der Waals surface area contributed by atoms with E-state index < -0.39 is 9.84 Å². The lowest BCUT2D eigenvalue weighted by Crippen LogP contribution is -2.61. The topological polar surface area (TPSA) is 74.1 Å². The first-order valence-electron chi connectivity index (χ1n) is 8.19. The van der Waals surface area contributed by atoms with E-state index in [4.69, 9.17) is 4.42 Å². The van der Waals surface area contributed by atoms with Gasteiger partial charge in [-0.1, -0.05) is 0 Å².